The zero-order chi connectivity index (χ0) is 26.7. The van der Waals surface area contributed by atoms with Crippen molar-refractivity contribution in [2.24, 2.45) is 4.99 Å². The lowest BCUT2D eigenvalue weighted by atomic mass is 10.0. The van der Waals surface area contributed by atoms with Crippen LogP contribution in [0.25, 0.3) is 5.57 Å². The number of anilines is 1. The molecule has 0 aromatic heterocycles. The Labute approximate surface area is 219 Å². The van der Waals surface area contributed by atoms with Crippen molar-refractivity contribution in [1.82, 2.24) is 9.80 Å². The van der Waals surface area contributed by atoms with Gasteiger partial charge in [0, 0.05) is 38.4 Å². The Balaban J connectivity index is 1.17. The third-order valence-corrected chi connectivity index (χ3v) is 6.85. The van der Waals surface area contributed by atoms with Crippen molar-refractivity contribution in [2.45, 2.75) is 19.6 Å². The third-order valence-electron chi connectivity index (χ3n) is 6.85. The van der Waals surface area contributed by atoms with Crippen molar-refractivity contribution in [1.29, 1.82) is 0 Å². The Morgan fingerprint density at radius 1 is 1.08 bits per heavy atom. The molecule has 3 aliphatic rings. The second-order valence-corrected chi connectivity index (χ2v) is 9.33. The molecule has 1 fully saturated rings. The second kappa shape index (κ2) is 10.9. The molecule has 7 nitrogen and oxygen atoms in total. The number of aliphatic imine (C=N–C) groups is 1. The van der Waals surface area contributed by atoms with E-state index in [4.69, 9.17) is 4.74 Å². The normalized spacial score (nSPS) is 17.6. The zero-order valence-corrected chi connectivity index (χ0v) is 21.0. The fourth-order valence-corrected chi connectivity index (χ4v) is 4.73. The van der Waals surface area contributed by atoms with Gasteiger partial charge in [-0.05, 0) is 53.0 Å². The van der Waals surface area contributed by atoms with E-state index in [2.05, 4.69) is 22.1 Å². The van der Waals surface area contributed by atoms with E-state index in [9.17, 15) is 18.0 Å². The van der Waals surface area contributed by atoms with Gasteiger partial charge in [-0.1, -0.05) is 25.1 Å². The van der Waals surface area contributed by atoms with E-state index < -0.39 is 17.6 Å². The number of halogens is 3. The molecule has 3 heterocycles. The molecule has 3 aliphatic heterocycles. The van der Waals surface area contributed by atoms with Gasteiger partial charge in [0.2, 0.25) is 0 Å². The molecule has 0 unspecified atom stereocenters. The molecule has 1 saturated heterocycles. The van der Waals surface area contributed by atoms with Gasteiger partial charge in [-0.3, -0.25) is 9.69 Å². The molecule has 2 aromatic rings. The van der Waals surface area contributed by atoms with Gasteiger partial charge in [0.25, 0.3) is 5.91 Å². The highest BCUT2D eigenvalue weighted by Crippen LogP contribution is 2.34. The van der Waals surface area contributed by atoms with E-state index in [-0.39, 0.29) is 24.4 Å². The molecule has 0 spiro atoms. The van der Waals surface area contributed by atoms with E-state index in [1.54, 1.807) is 18.3 Å². The average Bonchev–Trinajstić information content (AvgIpc) is 3.53. The molecule has 10 heteroatoms. The Morgan fingerprint density at radius 3 is 2.53 bits per heavy atom. The van der Waals surface area contributed by atoms with Crippen LogP contribution in [0.15, 0.2) is 65.9 Å². The number of amides is 1. The summed E-state index contributed by atoms with van der Waals surface area (Å²) in [6.45, 7) is 6.05. The molecule has 198 valence electrons. The van der Waals surface area contributed by atoms with Crippen LogP contribution in [-0.2, 0) is 17.5 Å². The van der Waals surface area contributed by atoms with E-state index in [1.807, 2.05) is 40.1 Å². The van der Waals surface area contributed by atoms with E-state index in [1.165, 1.54) is 12.1 Å². The van der Waals surface area contributed by atoms with Crippen LogP contribution in [-0.4, -0.2) is 71.7 Å². The summed E-state index contributed by atoms with van der Waals surface area (Å²) < 4.78 is 49.0. The van der Waals surface area contributed by atoms with E-state index in [0.717, 1.165) is 55.8 Å². The number of allylic oxidation sites excluding steroid dienone is 1. The number of benzene rings is 2. The monoisotopic (exact) mass is 524 g/mol. The summed E-state index contributed by atoms with van der Waals surface area (Å²) in [5, 5.41) is 2.52. The van der Waals surface area contributed by atoms with Crippen LogP contribution in [0.5, 0.6) is 5.75 Å². The van der Waals surface area contributed by atoms with Crippen LogP contribution < -0.4 is 10.1 Å². The van der Waals surface area contributed by atoms with Crippen molar-refractivity contribution < 1.29 is 27.3 Å². The number of hydrogen-bond acceptors (Lipinski definition) is 5. The third kappa shape index (κ3) is 5.87. The molecule has 0 aliphatic carbocycles. The number of rotatable bonds is 8. The first-order valence-electron chi connectivity index (χ1n) is 12.6. The fraction of sp³-hybridized carbons (Fsp3) is 0.321. The lowest BCUT2D eigenvalue weighted by Crippen LogP contribution is -2.45. The van der Waals surface area contributed by atoms with Crippen molar-refractivity contribution in [2.75, 3.05) is 44.6 Å². The molecule has 5 rings (SSSR count). The van der Waals surface area contributed by atoms with Gasteiger partial charge < -0.3 is 15.0 Å². The maximum Gasteiger partial charge on any atom is 0.416 e. The SMILES string of the molecule is CCN1CCN(Cc2ccc(NC(=O)COc3ccc(C4=CC=[N+]5C=CN=C45)cc3)cc2C(F)(F)F)CC1. The molecule has 2 aromatic carbocycles. The smallest absolute Gasteiger partial charge is 0.416 e. The van der Waals surface area contributed by atoms with Crippen LogP contribution >= 0.6 is 0 Å². The number of nitrogens with zero attached hydrogens (tertiary/aromatic N) is 4. The highest BCUT2D eigenvalue weighted by Gasteiger charge is 2.34. The van der Waals surface area contributed by atoms with Gasteiger partial charge >= 0.3 is 12.0 Å². The highest BCUT2D eigenvalue weighted by atomic mass is 19.4. The molecule has 0 saturated carbocycles. The van der Waals surface area contributed by atoms with Crippen LogP contribution in [0.1, 0.15) is 23.6 Å². The van der Waals surface area contributed by atoms with Crippen molar-refractivity contribution in [3.8, 4) is 5.75 Å². The summed E-state index contributed by atoms with van der Waals surface area (Å²) in [6, 6.07) is 11.2. The molecule has 0 atom stereocenters. The summed E-state index contributed by atoms with van der Waals surface area (Å²) in [6.07, 6.45) is 2.97. The van der Waals surface area contributed by atoms with Crippen LogP contribution in [0.2, 0.25) is 0 Å². The van der Waals surface area contributed by atoms with Crippen LogP contribution in [0.3, 0.4) is 0 Å². The number of fused-ring (bicyclic) bond motifs is 1. The van der Waals surface area contributed by atoms with Crippen LogP contribution in [0, 0.1) is 0 Å². The molecular weight excluding hydrogens is 495 g/mol. The predicted octanol–water partition coefficient (Wildman–Crippen LogP) is 4.22. The number of piperazine rings is 1. The van der Waals surface area contributed by atoms with Crippen LogP contribution in [0.4, 0.5) is 18.9 Å². The molecular formula is C28H29F3N5O2+. The minimum Gasteiger partial charge on any atom is -0.484 e. The van der Waals surface area contributed by atoms with Gasteiger partial charge in [0.1, 0.15) is 11.9 Å². The maximum absolute atomic E-state index is 13.8. The number of alkyl halides is 3. The first-order valence-corrected chi connectivity index (χ1v) is 12.6. The summed E-state index contributed by atoms with van der Waals surface area (Å²) in [7, 11) is 0. The van der Waals surface area contributed by atoms with Crippen molar-refractivity contribution in [3.05, 3.63) is 77.6 Å². The van der Waals surface area contributed by atoms with Gasteiger partial charge in [0.05, 0.1) is 17.4 Å². The minimum absolute atomic E-state index is 0.0840. The van der Waals surface area contributed by atoms with Crippen molar-refractivity contribution >= 4 is 29.2 Å². The maximum atomic E-state index is 13.8. The van der Waals surface area contributed by atoms with Gasteiger partial charge in [-0.25, -0.2) is 0 Å². The summed E-state index contributed by atoms with van der Waals surface area (Å²) in [4.78, 5) is 21.1. The Kier molecular flexibility index (Phi) is 7.44. The molecule has 0 bridgehead atoms. The molecule has 1 amide bonds. The average molecular weight is 525 g/mol. The molecule has 0 radical (unpaired) electrons. The number of ether oxygens (including phenoxy) is 1. The van der Waals surface area contributed by atoms with Crippen molar-refractivity contribution in [3.63, 3.8) is 0 Å². The highest BCUT2D eigenvalue weighted by molar-refractivity contribution is 6.25. The first-order chi connectivity index (χ1) is 18.3. The largest absolute Gasteiger partial charge is 0.484 e. The summed E-state index contributed by atoms with van der Waals surface area (Å²) in [5.74, 6) is 0.784. The summed E-state index contributed by atoms with van der Waals surface area (Å²) in [5.41, 5.74) is 1.49. The Morgan fingerprint density at radius 2 is 1.82 bits per heavy atom. The fourth-order valence-electron chi connectivity index (χ4n) is 4.73. The number of nitrogens with one attached hydrogen (secondary N) is 1. The van der Waals surface area contributed by atoms with E-state index >= 15 is 0 Å². The number of carbonyl (C=O) groups is 1. The first kappa shape index (κ1) is 25.9. The minimum atomic E-state index is -4.52. The predicted molar refractivity (Wildman–Crippen MR) is 140 cm³/mol. The number of carbonyl (C=O) groups excluding carboxylic acids is 1. The zero-order valence-electron chi connectivity index (χ0n) is 21.0. The van der Waals surface area contributed by atoms with Gasteiger partial charge in [0.15, 0.2) is 12.8 Å². The Bertz CT molecular complexity index is 1320. The van der Waals surface area contributed by atoms with Gasteiger partial charge in [-0.2, -0.15) is 17.7 Å². The lowest BCUT2D eigenvalue weighted by molar-refractivity contribution is -0.307. The molecule has 38 heavy (non-hydrogen) atoms. The van der Waals surface area contributed by atoms with Gasteiger partial charge in [-0.15, -0.1) is 0 Å². The van der Waals surface area contributed by atoms with E-state index in [0.29, 0.717) is 5.75 Å². The second-order valence-electron chi connectivity index (χ2n) is 9.33. The Hall–Kier alpha value is -3.76. The topological polar surface area (TPSA) is 60.2 Å². The quantitative estimate of drug-likeness (QED) is 0.526. The number of likely N-dealkylation sites (N-methyl/N-ethyl adjacent to an activating group) is 1. The number of hydrogen-bond donors (Lipinski definition) is 1. The standard InChI is InChI=1S/C28H28F3N5O2/c1-2-34-13-15-35(16-14-34)18-21-3-6-22(17-25(21)28(29,30)31)33-26(37)19-38-23-7-4-20(5-8-23)24-9-11-36-12-10-32-27(24)36/h3-12,17H,2,13-16,18-19H2,1H3/p+1. The molecule has 1 N–H and O–H groups in total. The summed E-state index contributed by atoms with van der Waals surface area (Å²) >= 11 is 0. The lowest BCUT2D eigenvalue weighted by Gasteiger charge is -2.34. The number of amidine groups is 1.